The van der Waals surface area contributed by atoms with Gasteiger partial charge in [0.15, 0.2) is 0 Å². The molecule has 0 spiro atoms. The Morgan fingerprint density at radius 2 is 2.00 bits per heavy atom. The van der Waals surface area contributed by atoms with E-state index in [1.54, 1.807) is 4.90 Å². The second-order valence-electron chi connectivity index (χ2n) is 5.11. The molecule has 0 unspecified atom stereocenters. The van der Waals surface area contributed by atoms with E-state index in [0.29, 0.717) is 13.1 Å². The van der Waals surface area contributed by atoms with Crippen molar-refractivity contribution in [2.45, 2.75) is 6.18 Å². The average molecular weight is 299 g/mol. The molecule has 1 aliphatic heterocycles. The molecule has 6 heteroatoms. The van der Waals surface area contributed by atoms with E-state index < -0.39 is 11.7 Å². The van der Waals surface area contributed by atoms with Crippen LogP contribution in [0.4, 0.5) is 13.2 Å². The van der Waals surface area contributed by atoms with E-state index in [2.05, 4.69) is 6.58 Å². The number of amides is 1. The minimum Gasteiger partial charge on any atom is -0.329 e. The maximum Gasteiger partial charge on any atom is 0.416 e. The summed E-state index contributed by atoms with van der Waals surface area (Å²) in [4.78, 5) is 15.2. The highest BCUT2D eigenvalue weighted by molar-refractivity contribution is 5.94. The molecule has 114 valence electrons. The first-order valence-corrected chi connectivity index (χ1v) is 6.83. The van der Waals surface area contributed by atoms with Gasteiger partial charge >= 0.3 is 6.18 Å². The molecule has 3 nitrogen and oxygen atoms in total. The molecule has 2 rings (SSSR count). The Labute approximate surface area is 121 Å². The van der Waals surface area contributed by atoms with Crippen LogP contribution in [0.2, 0.25) is 0 Å². The van der Waals surface area contributed by atoms with E-state index in [-0.39, 0.29) is 11.5 Å². The second kappa shape index (κ2) is 6.30. The van der Waals surface area contributed by atoms with E-state index in [0.717, 1.165) is 31.8 Å². The van der Waals surface area contributed by atoms with Gasteiger partial charge in [-0.15, -0.1) is 0 Å². The Bertz CT molecular complexity index is 520. The number of carbonyl (C=O) groups excluding carboxylic acids is 1. The Morgan fingerprint density at radius 3 is 2.57 bits per heavy atom. The third kappa shape index (κ3) is 3.85. The van der Waals surface area contributed by atoms with Crippen LogP contribution in [0.3, 0.4) is 0 Å². The zero-order valence-electron chi connectivity index (χ0n) is 11.6. The van der Waals surface area contributed by atoms with Crippen molar-refractivity contribution in [1.29, 1.82) is 0 Å². The number of halogens is 3. The Kier molecular flexibility index (Phi) is 4.67. The summed E-state index contributed by atoms with van der Waals surface area (Å²) in [6.07, 6.45) is -2.59. The molecule has 1 aliphatic rings. The monoisotopic (exact) mass is 299 g/mol. The smallest absolute Gasteiger partial charge is 0.329 e. The van der Waals surface area contributed by atoms with Crippen LogP contribution in [0.5, 0.6) is 0 Å². The van der Waals surface area contributed by atoms with Crippen molar-refractivity contribution in [2.24, 2.45) is 0 Å². The molecule has 1 aromatic carbocycles. The normalized spacial score (nSPS) is 16.8. The summed E-state index contributed by atoms with van der Waals surface area (Å²) < 4.78 is 38.0. The van der Waals surface area contributed by atoms with Crippen molar-refractivity contribution in [3.8, 4) is 0 Å². The van der Waals surface area contributed by atoms with Gasteiger partial charge in [0.25, 0.3) is 5.91 Å². The highest BCUT2D eigenvalue weighted by atomic mass is 19.4. The molecule has 1 fully saturated rings. The summed E-state index contributed by atoms with van der Waals surface area (Å²) in [5, 5.41) is 0. The number of rotatable bonds is 3. The summed E-state index contributed by atoms with van der Waals surface area (Å²) in [6.45, 7) is 7.20. The Morgan fingerprint density at radius 1 is 1.33 bits per heavy atom. The minimum atomic E-state index is -4.43. The van der Waals surface area contributed by atoms with Gasteiger partial charge in [0, 0.05) is 5.56 Å². The molecule has 1 heterocycles. The lowest BCUT2D eigenvalue weighted by Gasteiger charge is -2.31. The van der Waals surface area contributed by atoms with E-state index >= 15 is 0 Å². The third-order valence-electron chi connectivity index (χ3n) is 3.63. The summed E-state index contributed by atoms with van der Waals surface area (Å²) in [7, 11) is 0. The second-order valence-corrected chi connectivity index (χ2v) is 5.11. The molecule has 0 bridgehead atoms. The van der Waals surface area contributed by atoms with Crippen molar-refractivity contribution in [2.75, 3.05) is 32.7 Å². The average Bonchev–Trinajstić information content (AvgIpc) is 2.47. The zero-order chi connectivity index (χ0) is 15.5. The number of benzene rings is 1. The number of alkyl halides is 3. The van der Waals surface area contributed by atoms with Crippen molar-refractivity contribution >= 4 is 5.91 Å². The first-order chi connectivity index (χ1) is 9.91. The SMILES string of the molecule is C=CC[NH+]1CCN(C(=O)c2cccc(C(F)(F)F)c2)CC1. The van der Waals surface area contributed by atoms with Crippen LogP contribution in [0.25, 0.3) is 0 Å². The van der Waals surface area contributed by atoms with Crippen LogP contribution in [0, 0.1) is 0 Å². The fourth-order valence-electron chi connectivity index (χ4n) is 2.45. The van der Waals surface area contributed by atoms with E-state index in [1.807, 2.05) is 6.08 Å². The number of carbonyl (C=O) groups is 1. The number of hydrogen-bond donors (Lipinski definition) is 1. The molecular weight excluding hydrogens is 281 g/mol. The highest BCUT2D eigenvalue weighted by Crippen LogP contribution is 2.29. The van der Waals surface area contributed by atoms with Gasteiger partial charge in [-0.25, -0.2) is 0 Å². The Balaban J connectivity index is 2.06. The van der Waals surface area contributed by atoms with Crippen molar-refractivity contribution < 1.29 is 22.9 Å². The quantitative estimate of drug-likeness (QED) is 0.834. The van der Waals surface area contributed by atoms with Gasteiger partial charge in [0.05, 0.1) is 38.3 Å². The molecule has 0 radical (unpaired) electrons. The predicted molar refractivity (Wildman–Crippen MR) is 73.1 cm³/mol. The first kappa shape index (κ1) is 15.6. The molecule has 0 atom stereocenters. The number of piperazine rings is 1. The van der Waals surface area contributed by atoms with Crippen LogP contribution >= 0.6 is 0 Å². The van der Waals surface area contributed by atoms with Crippen LogP contribution in [-0.4, -0.2) is 43.5 Å². The summed E-state index contributed by atoms with van der Waals surface area (Å²) in [5.41, 5.74) is -0.693. The van der Waals surface area contributed by atoms with Crippen LogP contribution < -0.4 is 4.90 Å². The molecule has 1 amide bonds. The molecule has 21 heavy (non-hydrogen) atoms. The molecule has 0 aliphatic carbocycles. The molecule has 1 aromatic rings. The number of hydrogen-bond acceptors (Lipinski definition) is 1. The summed E-state index contributed by atoms with van der Waals surface area (Å²) >= 11 is 0. The Hall–Kier alpha value is -1.82. The molecule has 1 saturated heterocycles. The van der Waals surface area contributed by atoms with E-state index in [4.69, 9.17) is 0 Å². The number of quaternary nitrogens is 1. The lowest BCUT2D eigenvalue weighted by atomic mass is 10.1. The van der Waals surface area contributed by atoms with Gasteiger partial charge in [-0.1, -0.05) is 12.6 Å². The van der Waals surface area contributed by atoms with Crippen molar-refractivity contribution in [3.05, 3.63) is 48.0 Å². The topological polar surface area (TPSA) is 24.8 Å². The summed E-state index contributed by atoms with van der Waals surface area (Å²) in [6, 6.07) is 4.60. The molecule has 0 aromatic heterocycles. The largest absolute Gasteiger partial charge is 0.416 e. The van der Waals surface area contributed by atoms with Gasteiger partial charge in [-0.2, -0.15) is 13.2 Å². The maximum absolute atomic E-state index is 12.7. The van der Waals surface area contributed by atoms with E-state index in [9.17, 15) is 18.0 Å². The van der Waals surface area contributed by atoms with Gasteiger partial charge < -0.3 is 9.80 Å². The van der Waals surface area contributed by atoms with Crippen LogP contribution in [0.1, 0.15) is 15.9 Å². The molecular formula is C15H18F3N2O+. The van der Waals surface area contributed by atoms with Gasteiger partial charge in [0.2, 0.25) is 0 Å². The van der Waals surface area contributed by atoms with Gasteiger partial charge in [-0.05, 0) is 24.3 Å². The number of nitrogens with one attached hydrogen (secondary N) is 1. The predicted octanol–water partition coefficient (Wildman–Crippen LogP) is 1.23. The fourth-order valence-corrected chi connectivity index (χ4v) is 2.45. The van der Waals surface area contributed by atoms with Crippen LogP contribution in [0.15, 0.2) is 36.9 Å². The summed E-state index contributed by atoms with van der Waals surface area (Å²) in [5.74, 6) is -0.334. The van der Waals surface area contributed by atoms with Crippen LogP contribution in [-0.2, 0) is 6.18 Å². The van der Waals surface area contributed by atoms with E-state index in [1.165, 1.54) is 17.0 Å². The van der Waals surface area contributed by atoms with Crippen molar-refractivity contribution in [3.63, 3.8) is 0 Å². The fraction of sp³-hybridized carbons (Fsp3) is 0.400. The maximum atomic E-state index is 12.7. The number of nitrogens with zero attached hydrogens (tertiary/aromatic N) is 1. The van der Waals surface area contributed by atoms with Gasteiger partial charge in [-0.3, -0.25) is 4.79 Å². The molecule has 0 saturated carbocycles. The van der Waals surface area contributed by atoms with Crippen molar-refractivity contribution in [1.82, 2.24) is 4.90 Å². The van der Waals surface area contributed by atoms with Gasteiger partial charge in [0.1, 0.15) is 0 Å². The highest BCUT2D eigenvalue weighted by Gasteiger charge is 2.31. The lowest BCUT2D eigenvalue weighted by molar-refractivity contribution is -0.898. The molecule has 1 N–H and O–H groups in total. The standard InChI is InChI=1S/C15H17F3N2O/c1-2-6-19-7-9-20(10-8-19)14(21)12-4-3-5-13(11-12)15(16,17)18/h2-5,11H,1,6-10H2/p+1. The zero-order valence-corrected chi connectivity index (χ0v) is 11.6. The third-order valence-corrected chi connectivity index (χ3v) is 3.63. The minimum absolute atomic E-state index is 0.0944. The first-order valence-electron chi connectivity index (χ1n) is 6.83. The lowest BCUT2D eigenvalue weighted by Crippen LogP contribution is -3.14.